The Hall–Kier alpha value is -1.30. The third kappa shape index (κ3) is 5.36. The Kier molecular flexibility index (Phi) is 4.36. The quantitative estimate of drug-likeness (QED) is 0.562. The molecule has 82 valence electrons. The molecular weight excluding hydrogens is 190 g/mol. The maximum absolute atomic E-state index is 11.2. The van der Waals surface area contributed by atoms with Gasteiger partial charge in [-0.3, -0.25) is 0 Å². The van der Waals surface area contributed by atoms with Crippen LogP contribution in [0.5, 0.6) is 0 Å². The van der Waals surface area contributed by atoms with Crippen LogP contribution in [0.25, 0.3) is 0 Å². The predicted octanol–water partition coefficient (Wildman–Crippen LogP) is -0.0434. The molecule has 1 amide bonds. The van der Waals surface area contributed by atoms with E-state index in [0.29, 0.717) is 0 Å². The highest BCUT2D eigenvalue weighted by Crippen LogP contribution is 2.08. The number of aliphatic hydroxyl groups is 1. The molecule has 0 aliphatic heterocycles. The van der Waals surface area contributed by atoms with Crippen molar-refractivity contribution in [3.63, 3.8) is 0 Å². The number of esters is 1. The van der Waals surface area contributed by atoms with Crippen molar-refractivity contribution >= 4 is 12.1 Å². The summed E-state index contributed by atoms with van der Waals surface area (Å²) in [5.74, 6) is -0.789. The van der Waals surface area contributed by atoms with Gasteiger partial charge in [0, 0.05) is 0 Å². The largest absolute Gasteiger partial charge is 0.465 e. The maximum atomic E-state index is 11.2. The zero-order valence-corrected chi connectivity index (χ0v) is 8.40. The number of amides is 1. The van der Waals surface area contributed by atoms with E-state index in [2.05, 4.69) is 0 Å². The highest BCUT2D eigenvalue weighted by atomic mass is 16.6. The number of ether oxygens (including phenoxy) is 1. The molecule has 0 aromatic carbocycles. The molecule has 1 atom stereocenters. The minimum absolute atomic E-state index is 0.624. The van der Waals surface area contributed by atoms with E-state index in [0.717, 1.165) is 0 Å². The molecule has 0 aromatic rings. The van der Waals surface area contributed by atoms with Crippen LogP contribution < -0.4 is 5.32 Å². The molecular formula is C8H15NO5. The van der Waals surface area contributed by atoms with Gasteiger partial charge in [0.1, 0.15) is 5.60 Å². The fourth-order valence-electron chi connectivity index (χ4n) is 0.701. The first-order chi connectivity index (χ1) is 6.26. The summed E-state index contributed by atoms with van der Waals surface area (Å²) in [4.78, 5) is 21.4. The molecule has 0 saturated carbocycles. The Labute approximate surface area is 81.9 Å². The fourth-order valence-corrected chi connectivity index (χ4v) is 0.701. The van der Waals surface area contributed by atoms with Crippen molar-refractivity contribution in [1.29, 1.82) is 0 Å². The van der Waals surface area contributed by atoms with Gasteiger partial charge in [-0.2, -0.15) is 0 Å². The highest BCUT2D eigenvalue weighted by Gasteiger charge is 2.25. The van der Waals surface area contributed by atoms with E-state index in [9.17, 15) is 9.59 Å². The topological polar surface area (TPSA) is 95.9 Å². The predicted molar refractivity (Wildman–Crippen MR) is 47.9 cm³/mol. The third-order valence-corrected chi connectivity index (χ3v) is 1.17. The normalized spacial score (nSPS) is 13.1. The van der Waals surface area contributed by atoms with Crippen molar-refractivity contribution in [2.24, 2.45) is 0 Å². The van der Waals surface area contributed by atoms with Crippen LogP contribution in [0.3, 0.4) is 0 Å². The second kappa shape index (κ2) is 4.80. The van der Waals surface area contributed by atoms with E-state index in [4.69, 9.17) is 14.9 Å². The first-order valence-corrected chi connectivity index (χ1v) is 4.09. The first-order valence-electron chi connectivity index (χ1n) is 4.09. The monoisotopic (exact) mass is 205 g/mol. The maximum Gasteiger partial charge on any atom is 0.405 e. The van der Waals surface area contributed by atoms with Crippen LogP contribution in [0.2, 0.25) is 0 Å². The lowest BCUT2D eigenvalue weighted by atomic mass is 10.2. The zero-order valence-electron chi connectivity index (χ0n) is 8.40. The van der Waals surface area contributed by atoms with Crippen molar-refractivity contribution in [3.8, 4) is 0 Å². The van der Waals surface area contributed by atoms with Crippen molar-refractivity contribution in [1.82, 2.24) is 5.32 Å². The first kappa shape index (κ1) is 12.7. The third-order valence-electron chi connectivity index (χ3n) is 1.17. The van der Waals surface area contributed by atoms with E-state index in [1.807, 2.05) is 5.32 Å². The molecule has 0 bridgehead atoms. The van der Waals surface area contributed by atoms with Crippen molar-refractivity contribution < 1.29 is 24.5 Å². The zero-order chi connectivity index (χ0) is 11.4. The molecule has 0 saturated heterocycles. The number of nitrogens with one attached hydrogen (secondary N) is 1. The summed E-state index contributed by atoms with van der Waals surface area (Å²) in [6.07, 6.45) is -1.38. The number of carbonyl (C=O) groups is 2. The molecule has 14 heavy (non-hydrogen) atoms. The summed E-state index contributed by atoms with van der Waals surface area (Å²) < 4.78 is 4.87. The Bertz CT molecular complexity index is 220. The second-order valence-corrected chi connectivity index (χ2v) is 3.72. The summed E-state index contributed by atoms with van der Waals surface area (Å²) in [5.41, 5.74) is -0.704. The number of hydrogen-bond acceptors (Lipinski definition) is 4. The summed E-state index contributed by atoms with van der Waals surface area (Å²) in [6, 6.07) is -1.23. The number of aliphatic hydroxyl groups excluding tert-OH is 1. The van der Waals surface area contributed by atoms with Gasteiger partial charge in [-0.05, 0) is 20.8 Å². The molecule has 6 heteroatoms. The van der Waals surface area contributed by atoms with Crippen LogP contribution >= 0.6 is 0 Å². The van der Waals surface area contributed by atoms with Gasteiger partial charge in [0.25, 0.3) is 0 Å². The molecule has 0 aliphatic carbocycles. The van der Waals surface area contributed by atoms with Crippen molar-refractivity contribution in [2.45, 2.75) is 32.4 Å². The Balaban J connectivity index is 4.25. The molecule has 0 unspecified atom stereocenters. The van der Waals surface area contributed by atoms with Crippen LogP contribution in [0.4, 0.5) is 4.79 Å². The van der Waals surface area contributed by atoms with E-state index in [-0.39, 0.29) is 0 Å². The number of rotatable bonds is 3. The molecule has 0 radical (unpaired) electrons. The Morgan fingerprint density at radius 3 is 2.21 bits per heavy atom. The van der Waals surface area contributed by atoms with Gasteiger partial charge in [-0.15, -0.1) is 0 Å². The summed E-state index contributed by atoms with van der Waals surface area (Å²) >= 11 is 0. The lowest BCUT2D eigenvalue weighted by Gasteiger charge is -2.22. The highest BCUT2D eigenvalue weighted by molar-refractivity contribution is 5.81. The van der Waals surface area contributed by atoms with Gasteiger partial charge in [0.15, 0.2) is 6.04 Å². The molecule has 0 spiro atoms. The molecule has 0 heterocycles. The molecule has 0 rings (SSSR count). The summed E-state index contributed by atoms with van der Waals surface area (Å²) in [7, 11) is 0. The van der Waals surface area contributed by atoms with Crippen LogP contribution in [-0.4, -0.2) is 40.5 Å². The van der Waals surface area contributed by atoms with Gasteiger partial charge >= 0.3 is 12.1 Å². The van der Waals surface area contributed by atoms with Crippen LogP contribution in [0.1, 0.15) is 20.8 Å². The SMILES string of the molecule is CC(C)(C)OC(=O)[C@H](CO)NC(=O)O. The van der Waals surface area contributed by atoms with Crippen molar-refractivity contribution in [3.05, 3.63) is 0 Å². The molecule has 0 aliphatic rings. The lowest BCUT2D eigenvalue weighted by Crippen LogP contribution is -2.45. The standard InChI is InChI=1S/C8H15NO5/c1-8(2,3)14-6(11)5(4-10)9-7(12)13/h5,9-10H,4H2,1-3H3,(H,12,13)/t5-/m0/s1. The summed E-state index contributed by atoms with van der Waals surface area (Å²) in [5, 5.41) is 18.9. The minimum Gasteiger partial charge on any atom is -0.465 e. The van der Waals surface area contributed by atoms with Crippen molar-refractivity contribution in [2.75, 3.05) is 6.61 Å². The number of hydrogen-bond donors (Lipinski definition) is 3. The molecule has 0 fully saturated rings. The fraction of sp³-hybridized carbons (Fsp3) is 0.750. The molecule has 0 aromatic heterocycles. The van der Waals surface area contributed by atoms with Gasteiger partial charge in [-0.1, -0.05) is 0 Å². The average Bonchev–Trinajstić information content (AvgIpc) is 1.96. The second-order valence-electron chi connectivity index (χ2n) is 3.72. The molecule has 6 nitrogen and oxygen atoms in total. The van der Waals surface area contributed by atoms with Gasteiger partial charge < -0.3 is 20.3 Å². The number of carbonyl (C=O) groups excluding carboxylic acids is 1. The number of carboxylic acid groups (broad SMARTS) is 1. The van der Waals surface area contributed by atoms with E-state index >= 15 is 0 Å². The van der Waals surface area contributed by atoms with Crippen LogP contribution in [0, 0.1) is 0 Å². The average molecular weight is 205 g/mol. The van der Waals surface area contributed by atoms with E-state index in [1.165, 1.54) is 0 Å². The smallest absolute Gasteiger partial charge is 0.405 e. The lowest BCUT2D eigenvalue weighted by molar-refractivity contribution is -0.158. The van der Waals surface area contributed by atoms with Gasteiger partial charge in [-0.25, -0.2) is 9.59 Å². The van der Waals surface area contributed by atoms with Crippen LogP contribution in [0.15, 0.2) is 0 Å². The summed E-state index contributed by atoms with van der Waals surface area (Å²) in [6.45, 7) is 4.33. The van der Waals surface area contributed by atoms with Gasteiger partial charge in [0.2, 0.25) is 0 Å². The van der Waals surface area contributed by atoms with Crippen LogP contribution in [-0.2, 0) is 9.53 Å². The Morgan fingerprint density at radius 2 is 1.93 bits per heavy atom. The van der Waals surface area contributed by atoms with Gasteiger partial charge in [0.05, 0.1) is 6.61 Å². The Morgan fingerprint density at radius 1 is 1.43 bits per heavy atom. The molecule has 3 N–H and O–H groups in total. The van der Waals surface area contributed by atoms with E-state index in [1.54, 1.807) is 20.8 Å². The van der Waals surface area contributed by atoms with E-state index < -0.39 is 30.3 Å². The minimum atomic E-state index is -1.38.